The Morgan fingerprint density at radius 2 is 1.90 bits per heavy atom. The molecule has 0 saturated carbocycles. The van der Waals surface area contributed by atoms with Crippen LogP contribution in [0, 0.1) is 10.1 Å². The van der Waals surface area contributed by atoms with E-state index in [0.717, 1.165) is 0 Å². The minimum atomic E-state index is -4.30. The van der Waals surface area contributed by atoms with Crippen LogP contribution < -0.4 is 21.6 Å². The fourth-order valence-corrected chi connectivity index (χ4v) is 4.47. The Labute approximate surface area is 175 Å². The molecule has 0 fully saturated rings. The molecular weight excluding hydrogens is 430 g/mol. The molecule has 6 N–H and O–H groups in total. The second kappa shape index (κ2) is 7.14. The molecule has 3 aromatic rings. The molecule has 30 heavy (non-hydrogen) atoms. The van der Waals surface area contributed by atoms with Crippen LogP contribution in [0.1, 0.15) is 0 Å². The summed E-state index contributed by atoms with van der Waals surface area (Å²) in [6, 6.07) is 12.4. The molecule has 2 aromatic carbocycles. The quantitative estimate of drug-likeness (QED) is 0.260. The molecule has 0 saturated heterocycles. The third kappa shape index (κ3) is 3.29. The average Bonchev–Trinajstić information content (AvgIpc) is 3.03. The number of benzene rings is 2. The van der Waals surface area contributed by atoms with Crippen molar-refractivity contribution in [1.82, 2.24) is 15.3 Å². The van der Waals surface area contributed by atoms with Gasteiger partial charge in [-0.3, -0.25) is 20.1 Å². The molecule has 0 spiro atoms. The van der Waals surface area contributed by atoms with Crippen molar-refractivity contribution in [1.29, 1.82) is 0 Å². The first-order valence-corrected chi connectivity index (χ1v) is 10.4. The maximum absolute atomic E-state index is 12.6. The molecule has 1 aliphatic heterocycles. The van der Waals surface area contributed by atoms with E-state index in [-0.39, 0.29) is 32.6 Å². The SMILES string of the molecule is NC1NC(=S)NN=C1n1c(-c2ccccc2)c(S(N)(=O)=O)c2cc([N+](=O)[O-])ccc21. The standard InChI is InChI=1S/C17H15N7O4S2/c18-15-16(21-22-17(29)20-15)23-12-7-6-10(24(25)26)8-11(12)14(30(19,27)28)13(23)9-4-2-1-3-5-9/h1-8,15H,18H2,(H2,19,27,28)(H2,20,22,29). The number of nitro groups is 1. The van der Waals surface area contributed by atoms with Crippen LogP contribution in [0.2, 0.25) is 0 Å². The van der Waals surface area contributed by atoms with Crippen molar-refractivity contribution in [2.45, 2.75) is 11.1 Å². The number of nitrogens with zero attached hydrogens (tertiary/aromatic N) is 3. The zero-order chi connectivity index (χ0) is 21.6. The number of hydrogen-bond acceptors (Lipinski definition) is 7. The lowest BCUT2D eigenvalue weighted by Gasteiger charge is -2.25. The van der Waals surface area contributed by atoms with E-state index < -0.39 is 21.1 Å². The van der Waals surface area contributed by atoms with Gasteiger partial charge in [0.2, 0.25) is 10.0 Å². The van der Waals surface area contributed by atoms with Crippen LogP contribution in [0.4, 0.5) is 5.69 Å². The van der Waals surface area contributed by atoms with E-state index in [1.807, 2.05) is 0 Å². The van der Waals surface area contributed by atoms with Gasteiger partial charge in [0.05, 0.1) is 16.1 Å². The smallest absolute Gasteiger partial charge is 0.270 e. The molecule has 13 heteroatoms. The number of non-ortho nitro benzene ring substituents is 1. The van der Waals surface area contributed by atoms with Crippen molar-refractivity contribution in [2.24, 2.45) is 16.0 Å². The largest absolute Gasteiger partial charge is 0.339 e. The topological polar surface area (TPSA) is 171 Å². The second-order valence-corrected chi connectivity index (χ2v) is 8.32. The Morgan fingerprint density at radius 3 is 2.50 bits per heavy atom. The molecule has 1 atom stereocenters. The van der Waals surface area contributed by atoms with E-state index in [1.165, 1.54) is 22.8 Å². The highest BCUT2D eigenvalue weighted by molar-refractivity contribution is 7.89. The minimum Gasteiger partial charge on any atom is -0.339 e. The van der Waals surface area contributed by atoms with Gasteiger partial charge in [-0.2, -0.15) is 5.10 Å². The number of hydrogen-bond donors (Lipinski definition) is 4. The summed E-state index contributed by atoms with van der Waals surface area (Å²) in [4.78, 5) is 10.4. The number of thiocarbonyl (C=S) groups is 1. The number of nitrogens with two attached hydrogens (primary N) is 2. The summed E-state index contributed by atoms with van der Waals surface area (Å²) in [5, 5.41) is 24.1. The molecule has 11 nitrogen and oxygen atoms in total. The first-order valence-electron chi connectivity index (χ1n) is 8.49. The zero-order valence-corrected chi connectivity index (χ0v) is 16.8. The lowest BCUT2D eigenvalue weighted by Crippen LogP contribution is -2.56. The number of aromatic nitrogens is 1. The summed E-state index contributed by atoms with van der Waals surface area (Å²) >= 11 is 5.01. The number of rotatable bonds is 3. The summed E-state index contributed by atoms with van der Waals surface area (Å²) < 4.78 is 26.7. The fourth-order valence-electron chi connectivity index (χ4n) is 3.35. The molecular formula is C17H15N7O4S2. The molecule has 1 aliphatic rings. The summed E-state index contributed by atoms with van der Waals surface area (Å²) in [5.41, 5.74) is 9.49. The number of primary sulfonamides is 1. The van der Waals surface area contributed by atoms with Gasteiger partial charge in [-0.05, 0) is 23.8 Å². The Balaban J connectivity index is 2.20. The van der Waals surface area contributed by atoms with Crippen LogP contribution in [-0.4, -0.2) is 35.0 Å². The second-order valence-electron chi connectivity index (χ2n) is 6.42. The van der Waals surface area contributed by atoms with Crippen LogP contribution in [0.3, 0.4) is 0 Å². The number of hydrazone groups is 1. The third-order valence-electron chi connectivity index (χ3n) is 4.51. The van der Waals surface area contributed by atoms with Crippen molar-refractivity contribution in [2.75, 3.05) is 0 Å². The Kier molecular flexibility index (Phi) is 4.74. The fraction of sp³-hybridized carbons (Fsp3) is 0.0588. The molecule has 0 radical (unpaired) electrons. The molecule has 154 valence electrons. The summed E-state index contributed by atoms with van der Waals surface area (Å²) in [6.07, 6.45) is -0.875. The molecule has 2 heterocycles. The summed E-state index contributed by atoms with van der Waals surface area (Å²) in [7, 11) is -4.30. The lowest BCUT2D eigenvalue weighted by molar-refractivity contribution is -0.384. The Morgan fingerprint density at radius 1 is 1.20 bits per heavy atom. The van der Waals surface area contributed by atoms with Crippen LogP contribution in [0.15, 0.2) is 58.5 Å². The van der Waals surface area contributed by atoms with E-state index in [0.29, 0.717) is 11.1 Å². The van der Waals surface area contributed by atoms with E-state index in [1.54, 1.807) is 30.3 Å². The van der Waals surface area contributed by atoms with Gasteiger partial charge in [-0.15, -0.1) is 0 Å². The van der Waals surface area contributed by atoms with Gasteiger partial charge < -0.3 is 11.1 Å². The Bertz CT molecular complexity index is 1330. The third-order valence-corrected chi connectivity index (χ3v) is 5.70. The number of sulfonamides is 1. The molecule has 0 aliphatic carbocycles. The van der Waals surface area contributed by atoms with Crippen molar-refractivity contribution >= 4 is 49.8 Å². The van der Waals surface area contributed by atoms with Gasteiger partial charge >= 0.3 is 0 Å². The average molecular weight is 445 g/mol. The van der Waals surface area contributed by atoms with E-state index in [9.17, 15) is 18.5 Å². The van der Waals surface area contributed by atoms with Crippen LogP contribution in [0.25, 0.3) is 22.2 Å². The van der Waals surface area contributed by atoms with Gasteiger partial charge in [0, 0.05) is 17.5 Å². The van der Waals surface area contributed by atoms with E-state index >= 15 is 0 Å². The van der Waals surface area contributed by atoms with Crippen LogP contribution in [0.5, 0.6) is 0 Å². The highest BCUT2D eigenvalue weighted by atomic mass is 32.2. The first-order chi connectivity index (χ1) is 14.2. The molecule has 0 amide bonds. The van der Waals surface area contributed by atoms with Gasteiger partial charge in [0.25, 0.3) is 5.69 Å². The van der Waals surface area contributed by atoms with Gasteiger partial charge in [0.15, 0.2) is 10.9 Å². The van der Waals surface area contributed by atoms with E-state index in [2.05, 4.69) is 15.8 Å². The molecule has 0 bridgehead atoms. The van der Waals surface area contributed by atoms with E-state index in [4.69, 9.17) is 23.1 Å². The lowest BCUT2D eigenvalue weighted by atomic mass is 10.1. The molecule has 4 rings (SSSR count). The van der Waals surface area contributed by atoms with Gasteiger partial charge in [-0.25, -0.2) is 13.6 Å². The van der Waals surface area contributed by atoms with Crippen molar-refractivity contribution in [3.8, 4) is 11.3 Å². The number of fused-ring (bicyclic) bond motifs is 1. The van der Waals surface area contributed by atoms with Crippen molar-refractivity contribution < 1.29 is 13.3 Å². The van der Waals surface area contributed by atoms with Crippen LogP contribution >= 0.6 is 12.2 Å². The first kappa shape index (κ1) is 19.9. The van der Waals surface area contributed by atoms with Crippen LogP contribution in [-0.2, 0) is 10.0 Å². The maximum Gasteiger partial charge on any atom is 0.270 e. The summed E-state index contributed by atoms with van der Waals surface area (Å²) in [6.45, 7) is 0. The van der Waals surface area contributed by atoms with Gasteiger partial charge in [-0.1, -0.05) is 30.3 Å². The van der Waals surface area contributed by atoms with Crippen molar-refractivity contribution in [3.05, 3.63) is 58.6 Å². The van der Waals surface area contributed by atoms with Crippen molar-refractivity contribution in [3.63, 3.8) is 0 Å². The predicted molar refractivity (Wildman–Crippen MR) is 115 cm³/mol. The predicted octanol–water partition coefficient (Wildman–Crippen LogP) is 0.788. The molecule has 1 aromatic heterocycles. The zero-order valence-electron chi connectivity index (χ0n) is 15.1. The number of nitro benzene ring substituents is 1. The number of nitrogens with one attached hydrogen (secondary N) is 2. The highest BCUT2D eigenvalue weighted by Gasteiger charge is 2.32. The summed E-state index contributed by atoms with van der Waals surface area (Å²) in [5.74, 6) is 0.205. The minimum absolute atomic E-state index is 0.0774. The normalized spacial score (nSPS) is 16.7. The maximum atomic E-state index is 12.6. The highest BCUT2D eigenvalue weighted by Crippen LogP contribution is 2.38. The molecule has 1 unspecified atom stereocenters. The Hall–Kier alpha value is -3.39. The monoisotopic (exact) mass is 445 g/mol. The van der Waals surface area contributed by atoms with Gasteiger partial charge in [0.1, 0.15) is 11.1 Å².